The molecular formula is C17H12F3N3O4. The number of rotatable bonds is 4. The van der Waals surface area contributed by atoms with Crippen molar-refractivity contribution < 1.29 is 32.9 Å². The molecule has 10 heteroatoms. The minimum atomic E-state index is -4.77. The fourth-order valence-corrected chi connectivity index (χ4v) is 2.39. The van der Waals surface area contributed by atoms with Gasteiger partial charge in [-0.1, -0.05) is 0 Å². The van der Waals surface area contributed by atoms with Crippen LogP contribution in [0.25, 0.3) is 10.9 Å². The Morgan fingerprint density at radius 2 is 1.89 bits per heavy atom. The summed E-state index contributed by atoms with van der Waals surface area (Å²) in [5.74, 6) is -3.06. The van der Waals surface area contributed by atoms with Crippen LogP contribution in [0, 0.1) is 0 Å². The number of nitrogens with one attached hydrogen (secondary N) is 1. The van der Waals surface area contributed by atoms with Crippen molar-refractivity contribution in [3.05, 3.63) is 47.8 Å². The van der Waals surface area contributed by atoms with Crippen LogP contribution in [0.5, 0.6) is 11.5 Å². The smallest absolute Gasteiger partial charge is 0.451 e. The monoisotopic (exact) mass is 379 g/mol. The van der Waals surface area contributed by atoms with E-state index in [1.807, 2.05) is 0 Å². The van der Waals surface area contributed by atoms with E-state index in [0.717, 1.165) is 12.1 Å². The zero-order chi connectivity index (χ0) is 19.8. The van der Waals surface area contributed by atoms with Crippen LogP contribution in [0.2, 0.25) is 0 Å². The largest absolute Gasteiger partial charge is 0.507 e. The molecule has 0 aliphatic heterocycles. The molecule has 3 aromatic rings. The summed E-state index contributed by atoms with van der Waals surface area (Å²) in [6, 6.07) is 7.86. The average Bonchev–Trinajstić information content (AvgIpc) is 2.60. The second kappa shape index (κ2) is 6.63. The van der Waals surface area contributed by atoms with Crippen molar-refractivity contribution in [2.24, 2.45) is 0 Å². The Balaban J connectivity index is 2.12. The lowest BCUT2D eigenvalue weighted by molar-refractivity contribution is -0.144. The van der Waals surface area contributed by atoms with Gasteiger partial charge in [0.25, 0.3) is 0 Å². The number of nitrogens with zero attached hydrogens (tertiary/aromatic N) is 2. The molecular weight excluding hydrogens is 367 g/mol. The van der Waals surface area contributed by atoms with Gasteiger partial charge in [-0.3, -0.25) is 0 Å². The van der Waals surface area contributed by atoms with Gasteiger partial charge in [0.15, 0.2) is 0 Å². The highest BCUT2D eigenvalue weighted by Crippen LogP contribution is 2.33. The number of alkyl halides is 3. The number of carboxylic acids is 1. The molecule has 0 saturated heterocycles. The summed E-state index contributed by atoms with van der Waals surface area (Å²) in [7, 11) is 1.37. The van der Waals surface area contributed by atoms with Crippen LogP contribution in [0.1, 0.15) is 16.2 Å². The van der Waals surface area contributed by atoms with Gasteiger partial charge in [-0.25, -0.2) is 14.8 Å². The average molecular weight is 379 g/mol. The van der Waals surface area contributed by atoms with Crippen LogP contribution in [-0.2, 0) is 6.18 Å². The summed E-state index contributed by atoms with van der Waals surface area (Å²) in [6.45, 7) is 0. The highest BCUT2D eigenvalue weighted by atomic mass is 19.4. The number of fused-ring (bicyclic) bond motifs is 1. The van der Waals surface area contributed by atoms with E-state index in [1.54, 1.807) is 0 Å². The number of benzene rings is 2. The van der Waals surface area contributed by atoms with Gasteiger partial charge in [0, 0.05) is 23.2 Å². The topological polar surface area (TPSA) is 105 Å². The molecule has 0 fully saturated rings. The minimum absolute atomic E-state index is 0.00514. The van der Waals surface area contributed by atoms with Crippen LogP contribution >= 0.6 is 0 Å². The molecule has 1 heterocycles. The van der Waals surface area contributed by atoms with Crippen LogP contribution in [0.4, 0.5) is 24.7 Å². The van der Waals surface area contributed by atoms with Crippen LogP contribution < -0.4 is 10.1 Å². The Morgan fingerprint density at radius 3 is 2.48 bits per heavy atom. The maximum atomic E-state index is 13.1. The van der Waals surface area contributed by atoms with Gasteiger partial charge in [-0.15, -0.1) is 0 Å². The van der Waals surface area contributed by atoms with Gasteiger partial charge in [-0.05, 0) is 24.3 Å². The van der Waals surface area contributed by atoms with E-state index >= 15 is 0 Å². The third kappa shape index (κ3) is 3.68. The van der Waals surface area contributed by atoms with E-state index in [9.17, 15) is 23.1 Å². The summed E-state index contributed by atoms with van der Waals surface area (Å²) >= 11 is 0. The lowest BCUT2D eigenvalue weighted by Gasteiger charge is -2.13. The summed E-state index contributed by atoms with van der Waals surface area (Å²) in [5, 5.41) is 21.6. The number of ether oxygens (including phenoxy) is 1. The Hall–Kier alpha value is -3.56. The first-order valence-electron chi connectivity index (χ1n) is 7.45. The lowest BCUT2D eigenvalue weighted by Crippen LogP contribution is -2.12. The third-order valence-corrected chi connectivity index (χ3v) is 3.65. The summed E-state index contributed by atoms with van der Waals surface area (Å²) in [4.78, 5) is 18.0. The molecule has 0 saturated carbocycles. The summed E-state index contributed by atoms with van der Waals surface area (Å²) in [6.07, 6.45) is -4.77. The fraction of sp³-hybridized carbons (Fsp3) is 0.118. The van der Waals surface area contributed by atoms with Crippen molar-refractivity contribution in [3.63, 3.8) is 0 Å². The molecule has 140 valence electrons. The number of hydrogen-bond donors (Lipinski definition) is 3. The molecule has 3 rings (SSSR count). The van der Waals surface area contributed by atoms with Crippen molar-refractivity contribution in [2.75, 3.05) is 12.4 Å². The quantitative estimate of drug-likeness (QED) is 0.633. The zero-order valence-electron chi connectivity index (χ0n) is 13.7. The number of aromatic nitrogens is 2. The highest BCUT2D eigenvalue weighted by molar-refractivity contribution is 5.93. The molecule has 0 atom stereocenters. The summed E-state index contributed by atoms with van der Waals surface area (Å²) < 4.78 is 44.4. The number of hydrogen-bond acceptors (Lipinski definition) is 6. The van der Waals surface area contributed by atoms with Crippen molar-refractivity contribution in [2.45, 2.75) is 6.18 Å². The number of phenols is 1. The number of anilines is 2. The van der Waals surface area contributed by atoms with Gasteiger partial charge in [0.1, 0.15) is 22.9 Å². The van der Waals surface area contributed by atoms with Crippen molar-refractivity contribution >= 4 is 28.4 Å². The van der Waals surface area contributed by atoms with Crippen molar-refractivity contribution in [1.82, 2.24) is 9.97 Å². The van der Waals surface area contributed by atoms with Crippen LogP contribution in [0.15, 0.2) is 36.4 Å². The Labute approximate surface area is 150 Å². The molecule has 3 N–H and O–H groups in total. The number of aromatic hydroxyl groups is 1. The van der Waals surface area contributed by atoms with E-state index in [0.29, 0.717) is 5.75 Å². The molecule has 7 nitrogen and oxygen atoms in total. The van der Waals surface area contributed by atoms with E-state index in [4.69, 9.17) is 9.84 Å². The number of halogens is 3. The molecule has 0 aliphatic rings. The maximum absolute atomic E-state index is 13.1. The predicted octanol–water partition coefficient (Wildman–Crippen LogP) is 3.80. The first-order chi connectivity index (χ1) is 12.7. The fourth-order valence-electron chi connectivity index (χ4n) is 2.39. The standard InChI is InChI=1S/C17H12F3N3O4/c1-27-9-3-5-10-12(7-9)22-16(17(18,19)20)23-14(10)21-8-2-4-11(15(25)26)13(24)6-8/h2-7,24H,1H3,(H,25,26)(H,21,22,23). The predicted molar refractivity (Wildman–Crippen MR) is 89.4 cm³/mol. The van der Waals surface area contributed by atoms with Crippen LogP contribution in [0.3, 0.4) is 0 Å². The number of aromatic carboxylic acids is 1. The molecule has 1 aromatic heterocycles. The minimum Gasteiger partial charge on any atom is -0.507 e. The molecule has 0 amide bonds. The SMILES string of the molecule is COc1ccc2c(Nc3ccc(C(=O)O)c(O)c3)nc(C(F)(F)F)nc2c1. The molecule has 0 radical (unpaired) electrons. The van der Waals surface area contributed by atoms with Crippen molar-refractivity contribution in [1.29, 1.82) is 0 Å². The van der Waals surface area contributed by atoms with E-state index < -0.39 is 23.7 Å². The second-order valence-corrected chi connectivity index (χ2v) is 5.44. The molecule has 0 aliphatic carbocycles. The molecule has 27 heavy (non-hydrogen) atoms. The van der Waals surface area contributed by atoms with Gasteiger partial charge >= 0.3 is 12.1 Å². The van der Waals surface area contributed by atoms with E-state index in [2.05, 4.69) is 15.3 Å². The Kier molecular flexibility index (Phi) is 4.48. The Bertz CT molecular complexity index is 1040. The van der Waals surface area contributed by atoms with Gasteiger partial charge < -0.3 is 20.3 Å². The first kappa shape index (κ1) is 18.2. The first-order valence-corrected chi connectivity index (χ1v) is 7.45. The molecule has 2 aromatic carbocycles. The molecule has 0 bridgehead atoms. The highest BCUT2D eigenvalue weighted by Gasteiger charge is 2.35. The van der Waals surface area contributed by atoms with Gasteiger partial charge in [0.05, 0.1) is 12.6 Å². The van der Waals surface area contributed by atoms with Gasteiger partial charge in [0.2, 0.25) is 5.82 Å². The summed E-state index contributed by atoms with van der Waals surface area (Å²) in [5.41, 5.74) is -0.180. The maximum Gasteiger partial charge on any atom is 0.451 e. The number of carboxylic acid groups (broad SMARTS) is 1. The molecule has 0 unspecified atom stereocenters. The third-order valence-electron chi connectivity index (χ3n) is 3.65. The van der Waals surface area contributed by atoms with Crippen molar-refractivity contribution in [3.8, 4) is 11.5 Å². The molecule has 0 spiro atoms. The normalized spacial score (nSPS) is 11.4. The van der Waals surface area contributed by atoms with Crippen LogP contribution in [-0.4, -0.2) is 33.3 Å². The lowest BCUT2D eigenvalue weighted by atomic mass is 10.1. The van der Waals surface area contributed by atoms with E-state index in [1.165, 1.54) is 31.4 Å². The second-order valence-electron chi connectivity index (χ2n) is 5.44. The van der Waals surface area contributed by atoms with Gasteiger partial charge in [-0.2, -0.15) is 13.2 Å². The zero-order valence-corrected chi connectivity index (χ0v) is 13.7. The number of methoxy groups -OCH3 is 1. The van der Waals surface area contributed by atoms with E-state index in [-0.39, 0.29) is 28.0 Å². The number of carbonyl (C=O) groups is 1. The Morgan fingerprint density at radius 1 is 1.15 bits per heavy atom.